The summed E-state index contributed by atoms with van der Waals surface area (Å²) < 4.78 is 1.99. The van der Waals surface area contributed by atoms with Crippen LogP contribution in [0.1, 0.15) is 47.4 Å². The van der Waals surface area contributed by atoms with Crippen LogP contribution in [0.2, 0.25) is 0 Å². The van der Waals surface area contributed by atoms with Crippen molar-refractivity contribution in [1.29, 1.82) is 0 Å². The van der Waals surface area contributed by atoms with Gasteiger partial charge in [-0.2, -0.15) is 5.10 Å². The Morgan fingerprint density at radius 3 is 2.78 bits per heavy atom. The van der Waals surface area contributed by atoms with Crippen molar-refractivity contribution in [1.82, 2.24) is 14.7 Å². The minimum absolute atomic E-state index is 0.669. The normalized spacial score (nSPS) is 21.2. The number of aldehydes is 1. The summed E-state index contributed by atoms with van der Waals surface area (Å²) in [4.78, 5) is 13.4. The highest BCUT2D eigenvalue weighted by atomic mass is 16.1. The van der Waals surface area contributed by atoms with Gasteiger partial charge in [0.1, 0.15) is 0 Å². The molecule has 2 rings (SSSR count). The monoisotopic (exact) mass is 249 g/mol. The van der Waals surface area contributed by atoms with E-state index in [-0.39, 0.29) is 0 Å². The van der Waals surface area contributed by atoms with Crippen LogP contribution in [0.5, 0.6) is 0 Å². The fourth-order valence-electron chi connectivity index (χ4n) is 2.88. The van der Waals surface area contributed by atoms with Crippen LogP contribution in [-0.4, -0.2) is 40.6 Å². The predicted octanol–water partition coefficient (Wildman–Crippen LogP) is 2.19. The van der Waals surface area contributed by atoms with Crippen molar-refractivity contribution in [3.05, 3.63) is 17.0 Å². The summed E-state index contributed by atoms with van der Waals surface area (Å²) in [7, 11) is 2.21. The molecule has 0 spiro atoms. The molecule has 4 nitrogen and oxygen atoms in total. The smallest absolute Gasteiger partial charge is 0.153 e. The molecule has 0 aromatic carbocycles. The summed E-state index contributed by atoms with van der Waals surface area (Å²) in [6.07, 6.45) is 5.99. The molecule has 0 radical (unpaired) electrons. The van der Waals surface area contributed by atoms with E-state index in [9.17, 15) is 4.79 Å². The van der Waals surface area contributed by atoms with Gasteiger partial charge in [0.05, 0.1) is 11.3 Å². The first-order valence-electron chi connectivity index (χ1n) is 6.83. The molecule has 2 heterocycles. The first-order valence-corrected chi connectivity index (χ1v) is 6.83. The first kappa shape index (κ1) is 13.3. The molecular formula is C14H23N3O. The van der Waals surface area contributed by atoms with Gasteiger partial charge in [-0.25, -0.2) is 0 Å². The van der Waals surface area contributed by atoms with Crippen molar-refractivity contribution in [3.8, 4) is 0 Å². The number of hydrogen-bond donors (Lipinski definition) is 0. The highest BCUT2D eigenvalue weighted by molar-refractivity contribution is 5.77. The first-order chi connectivity index (χ1) is 8.63. The molecule has 1 aromatic heterocycles. The Hall–Kier alpha value is -1.16. The average molecular weight is 249 g/mol. The Morgan fingerprint density at radius 1 is 1.39 bits per heavy atom. The quantitative estimate of drug-likeness (QED) is 0.768. The maximum atomic E-state index is 11.0. The number of hydrogen-bond acceptors (Lipinski definition) is 3. The van der Waals surface area contributed by atoms with Gasteiger partial charge in [0.25, 0.3) is 0 Å². The maximum absolute atomic E-state index is 11.0. The molecule has 0 saturated carbocycles. The topological polar surface area (TPSA) is 38.1 Å². The van der Waals surface area contributed by atoms with E-state index in [1.54, 1.807) is 0 Å². The molecule has 0 N–H and O–H groups in total. The Morgan fingerprint density at radius 2 is 2.17 bits per heavy atom. The molecule has 1 atom stereocenters. The molecule has 1 unspecified atom stereocenters. The highest BCUT2D eigenvalue weighted by Gasteiger charge is 2.19. The number of carbonyl (C=O) groups excluding carboxylic acids is 1. The molecule has 100 valence electrons. The third-order valence-corrected chi connectivity index (χ3v) is 4.15. The molecule has 18 heavy (non-hydrogen) atoms. The third-order valence-electron chi connectivity index (χ3n) is 4.15. The minimum atomic E-state index is 0.669. The molecule has 1 aliphatic rings. The Balaban J connectivity index is 1.99. The number of likely N-dealkylation sites (tertiary alicyclic amines) is 1. The predicted molar refractivity (Wildman–Crippen MR) is 72.0 cm³/mol. The van der Waals surface area contributed by atoms with Crippen LogP contribution in [0.3, 0.4) is 0 Å². The van der Waals surface area contributed by atoms with Crippen LogP contribution < -0.4 is 0 Å². The van der Waals surface area contributed by atoms with Gasteiger partial charge < -0.3 is 4.90 Å². The second kappa shape index (κ2) is 5.65. The average Bonchev–Trinajstić information content (AvgIpc) is 2.63. The fourth-order valence-corrected chi connectivity index (χ4v) is 2.88. The maximum Gasteiger partial charge on any atom is 0.153 e. The summed E-state index contributed by atoms with van der Waals surface area (Å²) in [5.74, 6) is 0. The number of rotatable bonds is 4. The van der Waals surface area contributed by atoms with Crippen molar-refractivity contribution in [2.24, 2.45) is 0 Å². The van der Waals surface area contributed by atoms with E-state index in [1.165, 1.54) is 25.8 Å². The second-order valence-corrected chi connectivity index (χ2v) is 5.34. The number of carbonyl (C=O) groups is 1. The van der Waals surface area contributed by atoms with Crippen molar-refractivity contribution >= 4 is 6.29 Å². The second-order valence-electron chi connectivity index (χ2n) is 5.34. The molecule has 0 bridgehead atoms. The van der Waals surface area contributed by atoms with E-state index >= 15 is 0 Å². The lowest BCUT2D eigenvalue weighted by Crippen LogP contribution is -2.36. The lowest BCUT2D eigenvalue weighted by atomic mass is 10.0. The van der Waals surface area contributed by atoms with Gasteiger partial charge in [-0.3, -0.25) is 9.48 Å². The van der Waals surface area contributed by atoms with Gasteiger partial charge in [-0.05, 0) is 46.7 Å². The van der Waals surface area contributed by atoms with Crippen molar-refractivity contribution < 1.29 is 4.79 Å². The van der Waals surface area contributed by atoms with Crippen molar-refractivity contribution in [2.75, 3.05) is 13.6 Å². The number of nitrogens with zero attached hydrogens (tertiary/aromatic N) is 3. The van der Waals surface area contributed by atoms with Crippen LogP contribution in [-0.2, 0) is 6.54 Å². The number of piperidine rings is 1. The number of aryl methyl sites for hydroxylation is 2. The standard InChI is InChI=1S/C14H23N3O/c1-11-14(10-18)12(2)17(15-11)9-7-13-6-4-5-8-16(13)3/h10,13H,4-9H2,1-3H3. The molecule has 4 heteroatoms. The van der Waals surface area contributed by atoms with Gasteiger partial charge in [-0.1, -0.05) is 6.42 Å². The van der Waals surface area contributed by atoms with Gasteiger partial charge in [0.15, 0.2) is 6.29 Å². The molecular weight excluding hydrogens is 226 g/mol. The zero-order valence-corrected chi connectivity index (χ0v) is 11.6. The highest BCUT2D eigenvalue weighted by Crippen LogP contribution is 2.19. The Labute approximate surface area is 109 Å². The number of aromatic nitrogens is 2. The van der Waals surface area contributed by atoms with Crippen LogP contribution in [0.25, 0.3) is 0 Å². The minimum Gasteiger partial charge on any atom is -0.303 e. The third kappa shape index (κ3) is 2.64. The van der Waals surface area contributed by atoms with E-state index in [1.807, 2.05) is 18.5 Å². The zero-order chi connectivity index (χ0) is 13.1. The summed E-state index contributed by atoms with van der Waals surface area (Å²) in [5.41, 5.74) is 2.60. The molecule has 0 aliphatic carbocycles. The molecule has 1 fully saturated rings. The summed E-state index contributed by atoms with van der Waals surface area (Å²) >= 11 is 0. The largest absolute Gasteiger partial charge is 0.303 e. The van der Waals surface area contributed by atoms with E-state index in [0.717, 1.165) is 36.2 Å². The summed E-state index contributed by atoms with van der Waals surface area (Å²) in [5, 5.41) is 4.46. The van der Waals surface area contributed by atoms with Crippen LogP contribution in [0.4, 0.5) is 0 Å². The zero-order valence-electron chi connectivity index (χ0n) is 11.6. The summed E-state index contributed by atoms with van der Waals surface area (Å²) in [6, 6.07) is 0.669. The molecule has 1 aromatic rings. The fraction of sp³-hybridized carbons (Fsp3) is 0.714. The Kier molecular flexibility index (Phi) is 4.17. The van der Waals surface area contributed by atoms with Gasteiger partial charge in [0, 0.05) is 18.3 Å². The van der Waals surface area contributed by atoms with E-state index in [2.05, 4.69) is 17.0 Å². The lowest BCUT2D eigenvalue weighted by molar-refractivity contribution is 0.112. The SMILES string of the molecule is Cc1nn(CCC2CCCCN2C)c(C)c1C=O. The Bertz CT molecular complexity index is 425. The van der Waals surface area contributed by atoms with Crippen molar-refractivity contribution in [2.45, 2.75) is 52.1 Å². The van der Waals surface area contributed by atoms with E-state index < -0.39 is 0 Å². The molecule has 0 amide bonds. The molecule has 1 aliphatic heterocycles. The lowest BCUT2D eigenvalue weighted by Gasteiger charge is -2.32. The van der Waals surface area contributed by atoms with Crippen molar-refractivity contribution in [3.63, 3.8) is 0 Å². The molecule has 1 saturated heterocycles. The summed E-state index contributed by atoms with van der Waals surface area (Å²) in [6.45, 7) is 6.01. The van der Waals surface area contributed by atoms with Crippen LogP contribution in [0, 0.1) is 13.8 Å². The van der Waals surface area contributed by atoms with Gasteiger partial charge in [-0.15, -0.1) is 0 Å². The van der Waals surface area contributed by atoms with Gasteiger partial charge >= 0.3 is 0 Å². The van der Waals surface area contributed by atoms with Crippen LogP contribution >= 0.6 is 0 Å². The van der Waals surface area contributed by atoms with E-state index in [0.29, 0.717) is 6.04 Å². The van der Waals surface area contributed by atoms with E-state index in [4.69, 9.17) is 0 Å². The van der Waals surface area contributed by atoms with Crippen LogP contribution in [0.15, 0.2) is 0 Å². The van der Waals surface area contributed by atoms with Gasteiger partial charge in [0.2, 0.25) is 0 Å².